The Morgan fingerprint density at radius 1 is 1.19 bits per heavy atom. The number of piperidine rings is 1. The molecule has 0 aromatic heterocycles. The molecule has 92 valence electrons. The Morgan fingerprint density at radius 2 is 2.06 bits per heavy atom. The summed E-state index contributed by atoms with van der Waals surface area (Å²) in [4.78, 5) is 14.5. The van der Waals surface area contributed by atoms with Crippen molar-refractivity contribution in [2.45, 2.75) is 51.5 Å². The molecule has 3 nitrogen and oxygen atoms in total. The predicted octanol–water partition coefficient (Wildman–Crippen LogP) is 1.78. The van der Waals surface area contributed by atoms with E-state index in [1.807, 2.05) is 0 Å². The second-order valence-electron chi connectivity index (χ2n) is 5.27. The van der Waals surface area contributed by atoms with Gasteiger partial charge in [0.1, 0.15) is 0 Å². The maximum atomic E-state index is 12.4. The molecule has 1 unspecified atom stereocenters. The molecule has 2 rings (SSSR count). The highest BCUT2D eigenvalue weighted by atomic mass is 16.2. The van der Waals surface area contributed by atoms with E-state index in [0.717, 1.165) is 32.5 Å². The van der Waals surface area contributed by atoms with Gasteiger partial charge in [0.05, 0.1) is 5.92 Å². The molecule has 0 aromatic carbocycles. The van der Waals surface area contributed by atoms with Crippen molar-refractivity contribution >= 4 is 5.91 Å². The number of carbonyl (C=O) groups is 1. The highest BCUT2D eigenvalue weighted by Crippen LogP contribution is 2.21. The van der Waals surface area contributed by atoms with Crippen molar-refractivity contribution in [3.05, 3.63) is 0 Å². The number of hydrogen-bond acceptors (Lipinski definition) is 2. The largest absolute Gasteiger partial charge is 0.340 e. The number of likely N-dealkylation sites (tertiary alicyclic amines) is 1. The summed E-state index contributed by atoms with van der Waals surface area (Å²) in [6.45, 7) is 5.16. The van der Waals surface area contributed by atoms with Crippen molar-refractivity contribution in [3.63, 3.8) is 0 Å². The molecule has 16 heavy (non-hydrogen) atoms. The lowest BCUT2D eigenvalue weighted by Crippen LogP contribution is -2.46. The quantitative estimate of drug-likeness (QED) is 0.736. The number of nitrogens with zero attached hydrogens (tertiary/aromatic N) is 1. The number of hydrogen-bond donors (Lipinski definition) is 1. The van der Waals surface area contributed by atoms with E-state index in [9.17, 15) is 4.79 Å². The molecule has 0 spiro atoms. The van der Waals surface area contributed by atoms with E-state index >= 15 is 0 Å². The van der Waals surface area contributed by atoms with Gasteiger partial charge in [-0.05, 0) is 39.2 Å². The van der Waals surface area contributed by atoms with Gasteiger partial charge >= 0.3 is 0 Å². The monoisotopic (exact) mass is 224 g/mol. The van der Waals surface area contributed by atoms with Gasteiger partial charge in [0.2, 0.25) is 5.91 Å². The summed E-state index contributed by atoms with van der Waals surface area (Å²) in [5.74, 6) is 0.649. The lowest BCUT2D eigenvalue weighted by atomic mass is 9.97. The number of carbonyl (C=O) groups excluding carboxylic acids is 1. The molecule has 1 N–H and O–H groups in total. The molecule has 2 heterocycles. The highest BCUT2D eigenvalue weighted by Gasteiger charge is 2.29. The second kappa shape index (κ2) is 5.67. The van der Waals surface area contributed by atoms with E-state index in [4.69, 9.17) is 0 Å². The average Bonchev–Trinajstić information content (AvgIpc) is 2.54. The van der Waals surface area contributed by atoms with E-state index < -0.39 is 0 Å². The van der Waals surface area contributed by atoms with Crippen LogP contribution in [0.25, 0.3) is 0 Å². The van der Waals surface area contributed by atoms with Crippen LogP contribution in [-0.2, 0) is 4.79 Å². The zero-order valence-electron chi connectivity index (χ0n) is 10.4. The fourth-order valence-electron chi connectivity index (χ4n) is 2.90. The van der Waals surface area contributed by atoms with Crippen molar-refractivity contribution in [2.75, 3.05) is 19.6 Å². The van der Waals surface area contributed by atoms with Crippen LogP contribution in [0, 0.1) is 5.92 Å². The zero-order valence-corrected chi connectivity index (χ0v) is 10.4. The van der Waals surface area contributed by atoms with Crippen LogP contribution < -0.4 is 5.32 Å². The zero-order chi connectivity index (χ0) is 11.4. The molecule has 2 aliphatic rings. The Morgan fingerprint density at radius 3 is 2.81 bits per heavy atom. The minimum absolute atomic E-state index is 0.245. The molecule has 0 aromatic rings. The Balaban J connectivity index is 1.95. The van der Waals surface area contributed by atoms with Crippen molar-refractivity contribution in [2.24, 2.45) is 5.92 Å². The van der Waals surface area contributed by atoms with Crippen LogP contribution >= 0.6 is 0 Å². The van der Waals surface area contributed by atoms with E-state index in [1.165, 1.54) is 25.7 Å². The van der Waals surface area contributed by atoms with E-state index in [1.54, 1.807) is 0 Å². The lowest BCUT2D eigenvalue weighted by molar-refractivity contribution is -0.138. The smallest absolute Gasteiger partial charge is 0.227 e. The third-order valence-corrected chi connectivity index (χ3v) is 3.98. The van der Waals surface area contributed by atoms with Gasteiger partial charge < -0.3 is 10.2 Å². The van der Waals surface area contributed by atoms with Crippen LogP contribution in [0.2, 0.25) is 0 Å². The summed E-state index contributed by atoms with van der Waals surface area (Å²) in [6.07, 6.45) is 7.18. The SMILES string of the molecule is CC1CCCCCN1C(=O)[C@@H]1CCCNC1. The molecule has 0 saturated carbocycles. The molecule has 2 atom stereocenters. The standard InChI is InChI=1S/C13H24N2O/c1-11-6-3-2-4-9-15(11)13(16)12-7-5-8-14-10-12/h11-12,14H,2-10H2,1H3/t11?,12-/m1/s1. The summed E-state index contributed by atoms with van der Waals surface area (Å²) in [5.41, 5.74) is 0. The highest BCUT2D eigenvalue weighted by molar-refractivity contribution is 5.79. The number of amides is 1. The fraction of sp³-hybridized carbons (Fsp3) is 0.923. The first kappa shape index (κ1) is 11.9. The molecule has 0 bridgehead atoms. The topological polar surface area (TPSA) is 32.3 Å². The van der Waals surface area contributed by atoms with Crippen LogP contribution in [-0.4, -0.2) is 36.5 Å². The van der Waals surface area contributed by atoms with E-state index in [0.29, 0.717) is 11.9 Å². The van der Waals surface area contributed by atoms with Crippen molar-refractivity contribution in [1.82, 2.24) is 10.2 Å². The minimum Gasteiger partial charge on any atom is -0.340 e. The van der Waals surface area contributed by atoms with Gasteiger partial charge in [-0.2, -0.15) is 0 Å². The maximum Gasteiger partial charge on any atom is 0.227 e. The Kier molecular flexibility index (Phi) is 4.22. The molecule has 3 heteroatoms. The van der Waals surface area contributed by atoms with Gasteiger partial charge in [-0.3, -0.25) is 4.79 Å². The molecule has 2 saturated heterocycles. The predicted molar refractivity (Wildman–Crippen MR) is 65.2 cm³/mol. The lowest BCUT2D eigenvalue weighted by Gasteiger charge is -2.32. The fourth-order valence-corrected chi connectivity index (χ4v) is 2.90. The molecular weight excluding hydrogens is 200 g/mol. The first-order valence-electron chi connectivity index (χ1n) is 6.80. The van der Waals surface area contributed by atoms with Gasteiger partial charge in [-0.25, -0.2) is 0 Å². The summed E-state index contributed by atoms with van der Waals surface area (Å²) in [7, 11) is 0. The molecule has 2 aliphatic heterocycles. The summed E-state index contributed by atoms with van der Waals surface area (Å²) >= 11 is 0. The second-order valence-corrected chi connectivity index (χ2v) is 5.27. The van der Waals surface area contributed by atoms with Crippen molar-refractivity contribution in [3.8, 4) is 0 Å². The van der Waals surface area contributed by atoms with E-state index in [2.05, 4.69) is 17.1 Å². The third-order valence-electron chi connectivity index (χ3n) is 3.98. The van der Waals surface area contributed by atoms with Crippen LogP contribution in [0.5, 0.6) is 0 Å². The van der Waals surface area contributed by atoms with Crippen LogP contribution in [0.15, 0.2) is 0 Å². The molecule has 2 fully saturated rings. The Labute approximate surface area is 98.6 Å². The van der Waals surface area contributed by atoms with Gasteiger partial charge in [0, 0.05) is 19.1 Å². The first-order valence-corrected chi connectivity index (χ1v) is 6.80. The van der Waals surface area contributed by atoms with Gasteiger partial charge in [-0.1, -0.05) is 12.8 Å². The number of rotatable bonds is 1. The first-order chi connectivity index (χ1) is 7.79. The molecule has 0 radical (unpaired) electrons. The average molecular weight is 224 g/mol. The van der Waals surface area contributed by atoms with Gasteiger partial charge in [0.25, 0.3) is 0 Å². The summed E-state index contributed by atoms with van der Waals surface area (Å²) in [6, 6.07) is 0.455. The Hall–Kier alpha value is -0.570. The molecular formula is C13H24N2O. The van der Waals surface area contributed by atoms with Crippen molar-refractivity contribution in [1.29, 1.82) is 0 Å². The minimum atomic E-state index is 0.245. The van der Waals surface area contributed by atoms with Gasteiger partial charge in [0.15, 0.2) is 0 Å². The maximum absolute atomic E-state index is 12.4. The van der Waals surface area contributed by atoms with Crippen molar-refractivity contribution < 1.29 is 4.79 Å². The van der Waals surface area contributed by atoms with Crippen LogP contribution in [0.1, 0.15) is 45.4 Å². The number of nitrogens with one attached hydrogen (secondary N) is 1. The Bertz CT molecular complexity index is 236. The van der Waals surface area contributed by atoms with E-state index in [-0.39, 0.29) is 5.92 Å². The van der Waals surface area contributed by atoms with Gasteiger partial charge in [-0.15, -0.1) is 0 Å². The van der Waals surface area contributed by atoms with Crippen LogP contribution in [0.4, 0.5) is 0 Å². The summed E-state index contributed by atoms with van der Waals surface area (Å²) in [5, 5.41) is 3.34. The normalized spacial score (nSPS) is 32.2. The van der Waals surface area contributed by atoms with Crippen LogP contribution in [0.3, 0.4) is 0 Å². The molecule has 0 aliphatic carbocycles. The third kappa shape index (κ3) is 2.76. The molecule has 1 amide bonds. The summed E-state index contributed by atoms with van der Waals surface area (Å²) < 4.78 is 0.